The number of carbonyl (C=O) groups is 2. The summed E-state index contributed by atoms with van der Waals surface area (Å²) in [7, 11) is 0. The van der Waals surface area contributed by atoms with Crippen molar-refractivity contribution in [3.63, 3.8) is 0 Å². The number of nitrogens with one attached hydrogen (secondary N) is 1. The molecule has 1 aromatic rings. The van der Waals surface area contributed by atoms with Gasteiger partial charge in [0.25, 0.3) is 0 Å². The fraction of sp³-hybridized carbons (Fsp3) is 0.562. The van der Waals surface area contributed by atoms with Crippen LogP contribution in [-0.2, 0) is 20.7 Å². The first-order valence-electron chi connectivity index (χ1n) is 7.25. The lowest BCUT2D eigenvalue weighted by Crippen LogP contribution is -2.42. The Morgan fingerprint density at radius 3 is 2.55 bits per heavy atom. The van der Waals surface area contributed by atoms with Crippen LogP contribution in [0.2, 0.25) is 0 Å². The third-order valence-corrected chi connectivity index (χ3v) is 2.91. The molecule has 6 nitrogen and oxygen atoms in total. The van der Waals surface area contributed by atoms with Crippen LogP contribution in [-0.4, -0.2) is 40.2 Å². The summed E-state index contributed by atoms with van der Waals surface area (Å²) in [5.41, 5.74) is 1.28. The minimum absolute atomic E-state index is 0.108. The van der Waals surface area contributed by atoms with E-state index in [4.69, 9.17) is 4.74 Å². The fourth-order valence-corrected chi connectivity index (χ4v) is 1.77. The Hall–Kier alpha value is -1.95. The molecule has 6 heteroatoms. The van der Waals surface area contributed by atoms with Gasteiger partial charge >= 0.3 is 5.97 Å². The lowest BCUT2D eigenvalue weighted by Gasteiger charge is -2.21. The second-order valence-corrected chi connectivity index (χ2v) is 6.19. The molecule has 0 aromatic carbocycles. The first kappa shape index (κ1) is 18.1. The van der Waals surface area contributed by atoms with E-state index in [0.717, 1.165) is 11.3 Å². The highest BCUT2D eigenvalue weighted by molar-refractivity contribution is 5.84. The molecule has 0 aliphatic heterocycles. The lowest BCUT2D eigenvalue weighted by molar-refractivity contribution is -0.142. The molecule has 0 aliphatic carbocycles. The number of carbonyl (C=O) groups excluding carboxylic acids is 1. The second-order valence-electron chi connectivity index (χ2n) is 6.19. The van der Waals surface area contributed by atoms with Gasteiger partial charge in [0, 0.05) is 24.9 Å². The molecular formula is C16H24N2O4. The van der Waals surface area contributed by atoms with Crippen LogP contribution in [0.15, 0.2) is 18.3 Å². The molecule has 22 heavy (non-hydrogen) atoms. The number of hydrogen-bond donors (Lipinski definition) is 2. The average molecular weight is 308 g/mol. The van der Waals surface area contributed by atoms with E-state index in [0.29, 0.717) is 0 Å². The van der Waals surface area contributed by atoms with Crippen LogP contribution < -0.4 is 5.32 Å². The van der Waals surface area contributed by atoms with Crippen LogP contribution >= 0.6 is 0 Å². The molecule has 1 aromatic heterocycles. The summed E-state index contributed by atoms with van der Waals surface area (Å²) < 4.78 is 5.50. The maximum atomic E-state index is 11.9. The first-order chi connectivity index (χ1) is 10.2. The molecule has 122 valence electrons. The molecule has 0 aliphatic rings. The number of amides is 1. The molecule has 0 bridgehead atoms. The van der Waals surface area contributed by atoms with Gasteiger partial charge in [-0.25, -0.2) is 4.79 Å². The van der Waals surface area contributed by atoms with Gasteiger partial charge in [-0.3, -0.25) is 9.78 Å². The van der Waals surface area contributed by atoms with Crippen LogP contribution in [0.4, 0.5) is 0 Å². The maximum absolute atomic E-state index is 11.9. The van der Waals surface area contributed by atoms with Crippen molar-refractivity contribution in [2.45, 2.75) is 52.2 Å². The molecule has 0 saturated carbocycles. The highest BCUT2D eigenvalue weighted by Gasteiger charge is 2.21. The molecular weight excluding hydrogens is 284 g/mol. The summed E-state index contributed by atoms with van der Waals surface area (Å²) in [4.78, 5) is 27.2. The zero-order valence-corrected chi connectivity index (χ0v) is 13.5. The van der Waals surface area contributed by atoms with Crippen molar-refractivity contribution >= 4 is 11.9 Å². The topological polar surface area (TPSA) is 88.5 Å². The van der Waals surface area contributed by atoms with Crippen LogP contribution in [0.25, 0.3) is 0 Å². The summed E-state index contributed by atoms with van der Waals surface area (Å²) in [5.74, 6) is -1.40. The molecule has 2 N–H and O–H groups in total. The minimum atomic E-state index is -1.06. The Morgan fingerprint density at radius 2 is 2.05 bits per heavy atom. The number of aliphatic carboxylic acids is 1. The van der Waals surface area contributed by atoms with Gasteiger partial charge in [-0.1, -0.05) is 6.07 Å². The molecule has 0 radical (unpaired) electrons. The Bertz CT molecular complexity index is 506. The van der Waals surface area contributed by atoms with E-state index in [9.17, 15) is 14.7 Å². The minimum Gasteiger partial charge on any atom is -0.480 e. The number of hydrogen-bond acceptors (Lipinski definition) is 4. The average Bonchev–Trinajstić information content (AvgIpc) is 2.38. The van der Waals surface area contributed by atoms with E-state index in [1.165, 1.54) is 0 Å². The van der Waals surface area contributed by atoms with Crippen LogP contribution in [0.5, 0.6) is 0 Å². The van der Waals surface area contributed by atoms with E-state index >= 15 is 0 Å². The monoisotopic (exact) mass is 308 g/mol. The molecule has 0 fully saturated rings. The van der Waals surface area contributed by atoms with E-state index < -0.39 is 12.0 Å². The van der Waals surface area contributed by atoms with Crippen molar-refractivity contribution in [3.05, 3.63) is 29.6 Å². The zero-order chi connectivity index (χ0) is 16.8. The normalized spacial score (nSPS) is 12.7. The summed E-state index contributed by atoms with van der Waals surface area (Å²) >= 11 is 0. The van der Waals surface area contributed by atoms with Crippen LogP contribution in [0.1, 0.15) is 38.4 Å². The first-order valence-corrected chi connectivity index (χ1v) is 7.25. The molecule has 1 unspecified atom stereocenters. The highest BCUT2D eigenvalue weighted by Crippen LogP contribution is 2.08. The van der Waals surface area contributed by atoms with Gasteiger partial charge in [0.15, 0.2) is 0 Å². The number of aromatic nitrogens is 1. The standard InChI is InChI=1S/C16H24N2O4/c1-11-5-6-12(10-17-11)9-14(19)18-13(15(20)21)7-8-22-16(2,3)4/h5-6,10,13H,7-9H2,1-4H3,(H,18,19)(H,20,21). The van der Waals surface area contributed by atoms with Crippen molar-refractivity contribution in [2.75, 3.05) is 6.61 Å². The molecule has 1 amide bonds. The quantitative estimate of drug-likeness (QED) is 0.800. The van der Waals surface area contributed by atoms with Gasteiger partial charge in [0.1, 0.15) is 6.04 Å². The second kappa shape index (κ2) is 7.89. The number of ether oxygens (including phenoxy) is 1. The molecule has 0 spiro atoms. The predicted octanol–water partition coefficient (Wildman–Crippen LogP) is 1.71. The largest absolute Gasteiger partial charge is 0.480 e. The summed E-state index contributed by atoms with van der Waals surface area (Å²) in [6, 6.07) is 2.67. The van der Waals surface area contributed by atoms with Gasteiger partial charge in [0.2, 0.25) is 5.91 Å². The van der Waals surface area contributed by atoms with Crippen molar-refractivity contribution in [1.29, 1.82) is 0 Å². The SMILES string of the molecule is Cc1ccc(CC(=O)NC(CCOC(C)(C)C)C(=O)O)cn1. The summed E-state index contributed by atoms with van der Waals surface area (Å²) in [6.07, 6.45) is 1.95. The van der Waals surface area contributed by atoms with Crippen LogP contribution in [0.3, 0.4) is 0 Å². The van der Waals surface area contributed by atoms with E-state index in [1.54, 1.807) is 12.3 Å². The molecule has 0 saturated heterocycles. The third kappa shape index (κ3) is 7.17. The van der Waals surface area contributed by atoms with Gasteiger partial charge < -0.3 is 15.2 Å². The summed E-state index contributed by atoms with van der Waals surface area (Å²) in [5, 5.41) is 11.7. The fourth-order valence-electron chi connectivity index (χ4n) is 1.77. The molecule has 1 rings (SSSR count). The molecule has 1 atom stereocenters. The van der Waals surface area contributed by atoms with Crippen molar-refractivity contribution in [3.8, 4) is 0 Å². The third-order valence-electron chi connectivity index (χ3n) is 2.91. The highest BCUT2D eigenvalue weighted by atomic mass is 16.5. The number of pyridine rings is 1. The smallest absolute Gasteiger partial charge is 0.326 e. The van der Waals surface area contributed by atoms with Gasteiger partial charge in [0.05, 0.1) is 12.0 Å². The van der Waals surface area contributed by atoms with Gasteiger partial charge in [-0.2, -0.15) is 0 Å². The summed E-state index contributed by atoms with van der Waals surface area (Å²) in [6.45, 7) is 7.82. The number of carboxylic acids is 1. The molecule has 1 heterocycles. The van der Waals surface area contributed by atoms with E-state index in [-0.39, 0.29) is 31.0 Å². The Labute approximate surface area is 130 Å². The number of nitrogens with zero attached hydrogens (tertiary/aromatic N) is 1. The Balaban J connectivity index is 2.50. The van der Waals surface area contributed by atoms with Gasteiger partial charge in [-0.15, -0.1) is 0 Å². The number of aryl methyl sites for hydroxylation is 1. The number of carboxylic acid groups (broad SMARTS) is 1. The predicted molar refractivity (Wildman–Crippen MR) is 82.6 cm³/mol. The van der Waals surface area contributed by atoms with E-state index in [2.05, 4.69) is 10.3 Å². The lowest BCUT2D eigenvalue weighted by atomic mass is 10.1. The maximum Gasteiger partial charge on any atom is 0.326 e. The Kier molecular flexibility index (Phi) is 6.49. The van der Waals surface area contributed by atoms with E-state index in [1.807, 2.05) is 33.8 Å². The van der Waals surface area contributed by atoms with Gasteiger partial charge in [-0.05, 0) is 39.3 Å². The van der Waals surface area contributed by atoms with Crippen molar-refractivity contribution in [2.24, 2.45) is 0 Å². The number of rotatable bonds is 7. The Morgan fingerprint density at radius 1 is 1.36 bits per heavy atom. The zero-order valence-electron chi connectivity index (χ0n) is 13.5. The van der Waals surface area contributed by atoms with Crippen molar-refractivity contribution in [1.82, 2.24) is 10.3 Å². The van der Waals surface area contributed by atoms with Crippen molar-refractivity contribution < 1.29 is 19.4 Å². The van der Waals surface area contributed by atoms with Crippen LogP contribution in [0, 0.1) is 6.92 Å².